The number of hydrogen-bond acceptors (Lipinski definition) is 8. The van der Waals surface area contributed by atoms with E-state index in [2.05, 4.69) is 31.0 Å². The molecule has 2 N–H and O–H groups in total. The zero-order valence-electron chi connectivity index (χ0n) is 15.9. The highest BCUT2D eigenvalue weighted by Crippen LogP contribution is 2.30. The van der Waals surface area contributed by atoms with E-state index in [1.165, 1.54) is 23.1 Å². The Balaban J connectivity index is 1.35. The highest BCUT2D eigenvalue weighted by Gasteiger charge is 2.13. The van der Waals surface area contributed by atoms with E-state index in [1.54, 1.807) is 11.3 Å². The second-order valence-corrected chi connectivity index (χ2v) is 8.30. The number of amides is 2. The molecule has 1 aromatic carbocycles. The predicted octanol–water partition coefficient (Wildman–Crippen LogP) is 2.80. The van der Waals surface area contributed by atoms with Crippen LogP contribution in [0.15, 0.2) is 47.8 Å². The minimum Gasteiger partial charge on any atom is -0.351 e. The lowest BCUT2D eigenvalue weighted by molar-refractivity contribution is -0.119. The number of benzene rings is 1. The molecule has 0 atom stereocenters. The maximum atomic E-state index is 12.3. The molecule has 4 rings (SSSR count). The van der Waals surface area contributed by atoms with Gasteiger partial charge in [-0.3, -0.25) is 9.59 Å². The van der Waals surface area contributed by atoms with E-state index in [9.17, 15) is 9.59 Å². The molecule has 0 radical (unpaired) electrons. The van der Waals surface area contributed by atoms with Crippen molar-refractivity contribution in [1.82, 2.24) is 30.5 Å². The first kappa shape index (κ1) is 19.9. The Morgan fingerprint density at radius 3 is 2.77 bits per heavy atom. The first-order chi connectivity index (χ1) is 14.6. The molecule has 152 valence electrons. The predicted molar refractivity (Wildman–Crippen MR) is 115 cm³/mol. The molecule has 0 saturated heterocycles. The van der Waals surface area contributed by atoms with Gasteiger partial charge >= 0.3 is 0 Å². The molecule has 0 saturated carbocycles. The molecule has 0 aliphatic rings. The number of hydrogen-bond donors (Lipinski definition) is 2. The van der Waals surface area contributed by atoms with Crippen LogP contribution in [-0.2, 0) is 22.7 Å². The number of carbonyl (C=O) groups excluding carboxylic acids is 2. The van der Waals surface area contributed by atoms with Crippen molar-refractivity contribution in [2.45, 2.75) is 20.0 Å². The van der Waals surface area contributed by atoms with Crippen LogP contribution in [0.1, 0.15) is 11.8 Å². The highest BCUT2D eigenvalue weighted by atomic mass is 32.1. The van der Waals surface area contributed by atoms with Crippen LogP contribution >= 0.6 is 22.7 Å². The van der Waals surface area contributed by atoms with Gasteiger partial charge in [-0.05, 0) is 17.3 Å². The Hall–Kier alpha value is -3.44. The standard InChI is InChI=1S/C19H17N7O2S2/c1-12(27)20-9-14-7-8-16(30-14)15-11-29-19(21-15)22-17(28)10-26-24-18(23-25-26)13-5-3-2-4-6-13/h2-8,11H,9-10H2,1H3,(H,20,27)(H,21,22,28). The van der Waals surface area contributed by atoms with E-state index in [0.29, 0.717) is 17.5 Å². The van der Waals surface area contributed by atoms with Gasteiger partial charge in [0, 0.05) is 22.7 Å². The minimum atomic E-state index is -0.287. The SMILES string of the molecule is CC(=O)NCc1ccc(-c2csc(NC(=O)Cn3nnc(-c4ccccc4)n3)n2)s1. The van der Waals surface area contributed by atoms with Crippen LogP contribution in [0.2, 0.25) is 0 Å². The molecule has 11 heteroatoms. The molecule has 0 aliphatic heterocycles. The van der Waals surface area contributed by atoms with Gasteiger partial charge in [-0.1, -0.05) is 30.3 Å². The minimum absolute atomic E-state index is 0.0609. The monoisotopic (exact) mass is 439 g/mol. The van der Waals surface area contributed by atoms with Gasteiger partial charge in [0.25, 0.3) is 0 Å². The van der Waals surface area contributed by atoms with Crippen LogP contribution in [-0.4, -0.2) is 37.0 Å². The van der Waals surface area contributed by atoms with Crippen LogP contribution < -0.4 is 10.6 Å². The van der Waals surface area contributed by atoms with Crippen molar-refractivity contribution in [2.24, 2.45) is 0 Å². The molecule has 9 nitrogen and oxygen atoms in total. The first-order valence-electron chi connectivity index (χ1n) is 8.99. The second-order valence-electron chi connectivity index (χ2n) is 6.27. The topological polar surface area (TPSA) is 115 Å². The van der Waals surface area contributed by atoms with Crippen molar-refractivity contribution in [3.63, 3.8) is 0 Å². The molecule has 3 aromatic heterocycles. The lowest BCUT2D eigenvalue weighted by atomic mass is 10.2. The van der Waals surface area contributed by atoms with Crippen LogP contribution in [0.5, 0.6) is 0 Å². The molecular weight excluding hydrogens is 422 g/mol. The summed E-state index contributed by atoms with van der Waals surface area (Å²) in [4.78, 5) is 31.1. The van der Waals surface area contributed by atoms with Gasteiger partial charge in [0.2, 0.25) is 17.6 Å². The van der Waals surface area contributed by atoms with Gasteiger partial charge in [-0.25, -0.2) is 4.98 Å². The van der Waals surface area contributed by atoms with E-state index >= 15 is 0 Å². The Morgan fingerprint density at radius 1 is 1.13 bits per heavy atom. The molecule has 0 fully saturated rings. The first-order valence-corrected chi connectivity index (χ1v) is 10.7. The number of aromatic nitrogens is 5. The second kappa shape index (κ2) is 8.93. The van der Waals surface area contributed by atoms with Crippen molar-refractivity contribution < 1.29 is 9.59 Å². The largest absolute Gasteiger partial charge is 0.351 e. The fourth-order valence-electron chi connectivity index (χ4n) is 2.57. The number of carbonyl (C=O) groups is 2. The van der Waals surface area contributed by atoms with Crippen molar-refractivity contribution >= 4 is 39.6 Å². The Labute approximate surface area is 179 Å². The summed E-state index contributed by atoms with van der Waals surface area (Å²) in [6, 6.07) is 13.3. The zero-order chi connectivity index (χ0) is 20.9. The third-order valence-electron chi connectivity index (χ3n) is 3.95. The number of nitrogens with zero attached hydrogens (tertiary/aromatic N) is 5. The maximum absolute atomic E-state index is 12.3. The fourth-order valence-corrected chi connectivity index (χ4v) is 4.28. The molecule has 30 heavy (non-hydrogen) atoms. The van der Waals surface area contributed by atoms with Crippen LogP contribution in [0.25, 0.3) is 22.0 Å². The normalized spacial score (nSPS) is 10.7. The summed E-state index contributed by atoms with van der Waals surface area (Å²) in [6.07, 6.45) is 0. The molecule has 0 aliphatic carbocycles. The van der Waals surface area contributed by atoms with Crippen LogP contribution in [0, 0.1) is 0 Å². The van der Waals surface area contributed by atoms with Crippen molar-refractivity contribution in [3.8, 4) is 22.0 Å². The quantitative estimate of drug-likeness (QED) is 0.458. The molecule has 4 aromatic rings. The molecule has 0 spiro atoms. The van der Waals surface area contributed by atoms with E-state index < -0.39 is 0 Å². The van der Waals surface area contributed by atoms with Crippen molar-refractivity contribution in [2.75, 3.05) is 5.32 Å². The highest BCUT2D eigenvalue weighted by molar-refractivity contribution is 7.17. The third kappa shape index (κ3) is 4.93. The number of nitrogens with one attached hydrogen (secondary N) is 2. The summed E-state index contributed by atoms with van der Waals surface area (Å²) in [5.41, 5.74) is 1.61. The number of rotatable bonds is 7. The molecule has 3 heterocycles. The summed E-state index contributed by atoms with van der Waals surface area (Å²) in [5, 5.41) is 20.1. The number of thiazole rings is 1. The number of thiophene rings is 1. The molecule has 0 unspecified atom stereocenters. The van der Waals surface area contributed by atoms with Crippen molar-refractivity contribution in [3.05, 3.63) is 52.7 Å². The summed E-state index contributed by atoms with van der Waals surface area (Å²) in [7, 11) is 0. The van der Waals surface area contributed by atoms with Gasteiger partial charge in [0.15, 0.2) is 5.13 Å². The van der Waals surface area contributed by atoms with E-state index in [0.717, 1.165) is 21.0 Å². The van der Waals surface area contributed by atoms with Gasteiger partial charge in [0.1, 0.15) is 6.54 Å². The lowest BCUT2D eigenvalue weighted by Gasteiger charge is -2.00. The Kier molecular flexibility index (Phi) is 5.91. The Bertz CT molecular complexity index is 1170. The molecule has 2 amide bonds. The summed E-state index contributed by atoms with van der Waals surface area (Å²) < 4.78 is 0. The number of tetrazole rings is 1. The number of anilines is 1. The third-order valence-corrected chi connectivity index (χ3v) is 5.81. The van der Waals surface area contributed by atoms with Crippen LogP contribution in [0.3, 0.4) is 0 Å². The van der Waals surface area contributed by atoms with E-state index in [4.69, 9.17) is 0 Å². The zero-order valence-corrected chi connectivity index (χ0v) is 17.5. The van der Waals surface area contributed by atoms with Gasteiger partial charge in [-0.15, -0.1) is 32.9 Å². The summed E-state index contributed by atoms with van der Waals surface area (Å²) >= 11 is 2.89. The lowest BCUT2D eigenvalue weighted by Crippen LogP contribution is -2.20. The summed E-state index contributed by atoms with van der Waals surface area (Å²) in [5.74, 6) is 0.111. The Morgan fingerprint density at radius 2 is 1.97 bits per heavy atom. The average Bonchev–Trinajstić information content (AvgIpc) is 3.48. The average molecular weight is 440 g/mol. The van der Waals surface area contributed by atoms with Gasteiger partial charge in [0.05, 0.1) is 17.1 Å². The molecular formula is C19H17N7O2S2. The van der Waals surface area contributed by atoms with Gasteiger partial charge < -0.3 is 10.6 Å². The fraction of sp³-hybridized carbons (Fsp3) is 0.158. The molecule has 0 bridgehead atoms. The smallest absolute Gasteiger partial charge is 0.249 e. The summed E-state index contributed by atoms with van der Waals surface area (Å²) in [6.45, 7) is 1.92. The van der Waals surface area contributed by atoms with Crippen LogP contribution in [0.4, 0.5) is 5.13 Å². The van der Waals surface area contributed by atoms with E-state index in [-0.39, 0.29) is 18.4 Å². The van der Waals surface area contributed by atoms with Crippen molar-refractivity contribution in [1.29, 1.82) is 0 Å². The van der Waals surface area contributed by atoms with E-state index in [1.807, 2.05) is 47.8 Å². The van der Waals surface area contributed by atoms with Gasteiger partial charge in [-0.2, -0.15) is 4.80 Å². The maximum Gasteiger partial charge on any atom is 0.249 e.